The Kier molecular flexibility index (Phi) is 8.88. The van der Waals surface area contributed by atoms with Crippen molar-refractivity contribution in [1.29, 1.82) is 0 Å². The number of anilines is 2. The molecule has 3 unspecified atom stereocenters. The number of nitrogens with zero attached hydrogens (tertiary/aromatic N) is 3. The van der Waals surface area contributed by atoms with Crippen LogP contribution in [-0.4, -0.2) is 75.6 Å². The lowest BCUT2D eigenvalue weighted by atomic mass is 10.0. The first-order valence-corrected chi connectivity index (χ1v) is 11.4. The fraction of sp³-hybridized carbons (Fsp3) is 0.522. The zero-order valence-electron chi connectivity index (χ0n) is 19.4. The number of aryl methyl sites for hydroxylation is 1. The zero-order chi connectivity index (χ0) is 24.7. The van der Waals surface area contributed by atoms with Crippen LogP contribution in [0.25, 0.3) is 0 Å². The van der Waals surface area contributed by atoms with E-state index in [9.17, 15) is 15.3 Å². The molecular formula is C23H30ClN5O5. The summed E-state index contributed by atoms with van der Waals surface area (Å²) in [5.41, 5.74) is -0.117. The van der Waals surface area contributed by atoms with Crippen LogP contribution in [0, 0.1) is 24.7 Å². The molecule has 0 amide bonds. The van der Waals surface area contributed by atoms with Crippen molar-refractivity contribution in [3.8, 4) is 17.7 Å². The second-order valence-corrected chi connectivity index (χ2v) is 8.28. The van der Waals surface area contributed by atoms with Crippen LogP contribution >= 0.6 is 11.6 Å². The summed E-state index contributed by atoms with van der Waals surface area (Å²) in [4.78, 5) is 13.1. The van der Waals surface area contributed by atoms with Crippen LogP contribution in [0.2, 0.25) is 5.15 Å². The maximum absolute atomic E-state index is 11.1. The van der Waals surface area contributed by atoms with Crippen molar-refractivity contribution in [2.75, 3.05) is 44.1 Å². The van der Waals surface area contributed by atoms with E-state index in [1.807, 2.05) is 13.8 Å². The van der Waals surface area contributed by atoms with Gasteiger partial charge in [0.15, 0.2) is 16.7 Å². The molecule has 2 heterocycles. The second kappa shape index (κ2) is 11.6. The van der Waals surface area contributed by atoms with Crippen LogP contribution in [0.15, 0.2) is 12.1 Å². The third-order valence-corrected chi connectivity index (χ3v) is 5.80. The number of ether oxygens (including phenoxy) is 2. The predicted octanol–water partition coefficient (Wildman–Crippen LogP) is 1.55. The molecular weight excluding hydrogens is 462 g/mol. The molecule has 3 rings (SSSR count). The van der Waals surface area contributed by atoms with Gasteiger partial charge in [0, 0.05) is 37.8 Å². The number of rotatable bonds is 9. The Labute approximate surface area is 203 Å². The summed E-state index contributed by atoms with van der Waals surface area (Å²) in [5, 5.41) is 37.0. The maximum atomic E-state index is 11.1. The lowest BCUT2D eigenvalue weighted by molar-refractivity contribution is -0.0545. The Morgan fingerprint density at radius 1 is 1.26 bits per heavy atom. The molecule has 1 aliphatic carbocycles. The predicted molar refractivity (Wildman–Crippen MR) is 128 cm³/mol. The number of methoxy groups -OCH3 is 1. The van der Waals surface area contributed by atoms with E-state index in [1.54, 1.807) is 19.2 Å². The minimum atomic E-state index is -1.71. The van der Waals surface area contributed by atoms with Crippen LogP contribution < -0.4 is 15.4 Å². The summed E-state index contributed by atoms with van der Waals surface area (Å²) in [6, 6.07) is 3.52. The SMILES string of the molecule is CCOc1ccc(C#Cc2c(Cl)nc(NCCOC)nc2NC2(O)CCC(CO)C2O)c(C)n1. The van der Waals surface area contributed by atoms with Crippen LogP contribution in [0.4, 0.5) is 11.8 Å². The molecule has 1 fully saturated rings. The molecule has 0 spiro atoms. The number of aliphatic hydroxyl groups excluding tert-OH is 2. The minimum absolute atomic E-state index is 0.0660. The average Bonchev–Trinajstić information content (AvgIpc) is 3.08. The van der Waals surface area contributed by atoms with E-state index in [0.717, 1.165) is 0 Å². The van der Waals surface area contributed by atoms with Crippen LogP contribution in [0.1, 0.15) is 36.6 Å². The van der Waals surface area contributed by atoms with Gasteiger partial charge in [0.1, 0.15) is 11.7 Å². The van der Waals surface area contributed by atoms with Crippen LogP contribution in [0.3, 0.4) is 0 Å². The van der Waals surface area contributed by atoms with E-state index in [1.165, 1.54) is 0 Å². The van der Waals surface area contributed by atoms with E-state index in [2.05, 4.69) is 37.4 Å². The molecule has 11 heteroatoms. The highest BCUT2D eigenvalue weighted by atomic mass is 35.5. The molecule has 0 radical (unpaired) electrons. The van der Waals surface area contributed by atoms with E-state index in [-0.39, 0.29) is 35.5 Å². The smallest absolute Gasteiger partial charge is 0.226 e. The molecule has 1 aliphatic rings. The van der Waals surface area contributed by atoms with Gasteiger partial charge < -0.3 is 35.4 Å². The van der Waals surface area contributed by atoms with Crippen molar-refractivity contribution in [3.05, 3.63) is 34.1 Å². The molecule has 10 nitrogen and oxygen atoms in total. The monoisotopic (exact) mass is 491 g/mol. The average molecular weight is 492 g/mol. The summed E-state index contributed by atoms with van der Waals surface area (Å²) in [6.07, 6.45) is -0.548. The lowest BCUT2D eigenvalue weighted by Gasteiger charge is -2.30. The van der Waals surface area contributed by atoms with E-state index in [4.69, 9.17) is 21.1 Å². The van der Waals surface area contributed by atoms with Gasteiger partial charge >= 0.3 is 0 Å². The van der Waals surface area contributed by atoms with Gasteiger partial charge in [-0.15, -0.1) is 0 Å². The summed E-state index contributed by atoms with van der Waals surface area (Å²) in [5.74, 6) is 6.42. The lowest BCUT2D eigenvalue weighted by Crippen LogP contribution is -2.48. The van der Waals surface area contributed by atoms with Gasteiger partial charge in [0.2, 0.25) is 11.8 Å². The first kappa shape index (κ1) is 25.9. The second-order valence-electron chi connectivity index (χ2n) is 7.92. The minimum Gasteiger partial charge on any atom is -0.478 e. The summed E-state index contributed by atoms with van der Waals surface area (Å²) in [7, 11) is 1.58. The summed E-state index contributed by atoms with van der Waals surface area (Å²) < 4.78 is 10.4. The van der Waals surface area contributed by atoms with Gasteiger partial charge in [-0.25, -0.2) is 4.98 Å². The van der Waals surface area contributed by atoms with Gasteiger partial charge in [-0.2, -0.15) is 9.97 Å². The first-order valence-electron chi connectivity index (χ1n) is 11.0. The van der Waals surface area contributed by atoms with Crippen molar-refractivity contribution < 1.29 is 24.8 Å². The zero-order valence-corrected chi connectivity index (χ0v) is 20.2. The van der Waals surface area contributed by atoms with Crippen molar-refractivity contribution >= 4 is 23.4 Å². The fourth-order valence-corrected chi connectivity index (χ4v) is 3.86. The van der Waals surface area contributed by atoms with E-state index >= 15 is 0 Å². The van der Waals surface area contributed by atoms with E-state index in [0.29, 0.717) is 43.3 Å². The molecule has 0 saturated heterocycles. The molecule has 3 atom stereocenters. The normalized spacial score (nSPS) is 21.6. The molecule has 0 aromatic carbocycles. The largest absolute Gasteiger partial charge is 0.478 e. The Morgan fingerprint density at radius 2 is 2.06 bits per heavy atom. The number of halogens is 1. The van der Waals surface area contributed by atoms with Crippen molar-refractivity contribution in [1.82, 2.24) is 15.0 Å². The van der Waals surface area contributed by atoms with Crippen LogP contribution in [0.5, 0.6) is 5.88 Å². The topological polar surface area (TPSA) is 142 Å². The Hall–Kier alpha value is -2.68. The third kappa shape index (κ3) is 6.05. The molecule has 0 aliphatic heterocycles. The highest BCUT2D eigenvalue weighted by Crippen LogP contribution is 2.36. The fourth-order valence-electron chi connectivity index (χ4n) is 3.64. The van der Waals surface area contributed by atoms with Crippen molar-refractivity contribution in [3.63, 3.8) is 0 Å². The number of hydrogen-bond acceptors (Lipinski definition) is 10. The Balaban J connectivity index is 1.97. The standard InChI is InChI=1S/C23H30ClN5O5/c1-4-34-18-8-6-15(14(2)26-18)5-7-17-20(24)27-22(25-11-12-33-3)28-21(17)29-23(32)10-9-16(13-30)19(23)31/h6,8,16,19,30-32H,4,9-13H2,1-3H3,(H2,25,27,28,29). The number of nitrogens with one attached hydrogen (secondary N) is 2. The quantitative estimate of drug-likeness (QED) is 0.152. The molecule has 2 aromatic rings. The van der Waals surface area contributed by atoms with Crippen molar-refractivity contribution in [2.45, 2.75) is 38.5 Å². The highest BCUT2D eigenvalue weighted by molar-refractivity contribution is 6.31. The molecule has 184 valence electrons. The Bertz CT molecular complexity index is 1060. The number of aliphatic hydroxyl groups is 3. The Morgan fingerprint density at radius 3 is 2.71 bits per heavy atom. The van der Waals surface area contributed by atoms with Gasteiger partial charge in [-0.3, -0.25) is 0 Å². The third-order valence-electron chi connectivity index (χ3n) is 5.53. The van der Waals surface area contributed by atoms with Crippen molar-refractivity contribution in [2.24, 2.45) is 5.92 Å². The first-order chi connectivity index (χ1) is 16.3. The maximum Gasteiger partial charge on any atom is 0.226 e. The number of aromatic nitrogens is 3. The summed E-state index contributed by atoms with van der Waals surface area (Å²) in [6.45, 7) is 4.84. The van der Waals surface area contributed by atoms with Gasteiger partial charge in [0.25, 0.3) is 0 Å². The molecule has 1 saturated carbocycles. The molecule has 2 aromatic heterocycles. The van der Waals surface area contributed by atoms with Crippen LogP contribution in [-0.2, 0) is 4.74 Å². The number of hydrogen-bond donors (Lipinski definition) is 5. The summed E-state index contributed by atoms with van der Waals surface area (Å²) >= 11 is 6.46. The highest BCUT2D eigenvalue weighted by Gasteiger charge is 2.47. The van der Waals surface area contributed by atoms with Gasteiger partial charge in [0.05, 0.1) is 18.9 Å². The van der Waals surface area contributed by atoms with Gasteiger partial charge in [-0.1, -0.05) is 23.4 Å². The molecule has 34 heavy (non-hydrogen) atoms. The molecule has 5 N–H and O–H groups in total. The number of pyridine rings is 1. The van der Waals surface area contributed by atoms with E-state index < -0.39 is 17.7 Å². The molecule has 0 bridgehead atoms. The van der Waals surface area contributed by atoms with Gasteiger partial charge in [-0.05, 0) is 32.8 Å².